The maximum Gasteiger partial charge on any atom is 0.120 e. The van der Waals surface area contributed by atoms with Gasteiger partial charge < -0.3 is 10.5 Å². The van der Waals surface area contributed by atoms with Crippen LogP contribution in [0.1, 0.15) is 25.8 Å². The second-order valence-electron chi connectivity index (χ2n) is 3.19. The van der Waals surface area contributed by atoms with Crippen LogP contribution in [0.25, 0.3) is 0 Å². The van der Waals surface area contributed by atoms with E-state index in [-0.39, 0.29) is 6.10 Å². The lowest BCUT2D eigenvalue weighted by atomic mass is 10.2. The largest absolute Gasteiger partial charge is 0.491 e. The Labute approximate surface area is 79.7 Å². The lowest BCUT2D eigenvalue weighted by Crippen LogP contribution is -2.10. The Balaban J connectivity index is 2.66. The first-order chi connectivity index (χ1) is 6.26. The summed E-state index contributed by atoms with van der Waals surface area (Å²) >= 11 is 0. The van der Waals surface area contributed by atoms with Crippen LogP contribution in [0, 0.1) is 0 Å². The van der Waals surface area contributed by atoms with Crippen LogP contribution < -0.4 is 10.5 Å². The normalized spacial score (nSPS) is 12.5. The topological polar surface area (TPSA) is 35.2 Å². The fourth-order valence-electron chi connectivity index (χ4n) is 1.06. The average Bonchev–Trinajstić information content (AvgIpc) is 2.18. The zero-order valence-electron chi connectivity index (χ0n) is 8.29. The minimum atomic E-state index is 0.271. The molecule has 1 atom stereocenters. The van der Waals surface area contributed by atoms with Gasteiger partial charge in [-0.25, -0.2) is 0 Å². The third kappa shape index (κ3) is 3.07. The Bertz CT molecular complexity index is 260. The standard InChI is InChI=1S/C11H17NO/c1-3-9(2)13-11-6-4-5-10(7-11)8-12/h4-7,9H,3,8,12H2,1-2H3/t9-/m0/s1. The molecule has 72 valence electrons. The third-order valence-corrected chi connectivity index (χ3v) is 2.05. The minimum Gasteiger partial charge on any atom is -0.491 e. The summed E-state index contributed by atoms with van der Waals surface area (Å²) in [5, 5.41) is 0. The van der Waals surface area contributed by atoms with Crippen molar-refractivity contribution in [1.29, 1.82) is 0 Å². The van der Waals surface area contributed by atoms with Gasteiger partial charge in [-0.3, -0.25) is 0 Å². The minimum absolute atomic E-state index is 0.271. The van der Waals surface area contributed by atoms with E-state index in [1.807, 2.05) is 24.3 Å². The molecule has 2 N–H and O–H groups in total. The van der Waals surface area contributed by atoms with Crippen molar-refractivity contribution in [2.45, 2.75) is 32.9 Å². The van der Waals surface area contributed by atoms with Crippen molar-refractivity contribution in [3.63, 3.8) is 0 Å². The number of hydrogen-bond acceptors (Lipinski definition) is 2. The van der Waals surface area contributed by atoms with Crippen molar-refractivity contribution in [2.24, 2.45) is 5.73 Å². The van der Waals surface area contributed by atoms with E-state index in [1.54, 1.807) is 0 Å². The van der Waals surface area contributed by atoms with Crippen molar-refractivity contribution in [3.05, 3.63) is 29.8 Å². The second-order valence-corrected chi connectivity index (χ2v) is 3.19. The first-order valence-electron chi connectivity index (χ1n) is 4.72. The number of rotatable bonds is 4. The Morgan fingerprint density at radius 2 is 2.23 bits per heavy atom. The fraction of sp³-hybridized carbons (Fsp3) is 0.455. The second kappa shape index (κ2) is 4.87. The highest BCUT2D eigenvalue weighted by molar-refractivity contribution is 5.28. The molecular formula is C11H17NO. The van der Waals surface area contributed by atoms with Gasteiger partial charge in [-0.1, -0.05) is 19.1 Å². The summed E-state index contributed by atoms with van der Waals surface area (Å²) < 4.78 is 5.65. The first kappa shape index (κ1) is 10.1. The molecule has 0 aliphatic heterocycles. The van der Waals surface area contributed by atoms with Crippen LogP contribution in [0.5, 0.6) is 5.75 Å². The quantitative estimate of drug-likeness (QED) is 0.769. The lowest BCUT2D eigenvalue weighted by molar-refractivity contribution is 0.217. The molecule has 0 radical (unpaired) electrons. The van der Waals surface area contributed by atoms with E-state index in [0.29, 0.717) is 6.54 Å². The van der Waals surface area contributed by atoms with Gasteiger partial charge >= 0.3 is 0 Å². The van der Waals surface area contributed by atoms with E-state index in [1.165, 1.54) is 0 Å². The smallest absolute Gasteiger partial charge is 0.120 e. The lowest BCUT2D eigenvalue weighted by Gasteiger charge is -2.12. The van der Waals surface area contributed by atoms with E-state index < -0.39 is 0 Å². The van der Waals surface area contributed by atoms with Crippen LogP contribution in [0.4, 0.5) is 0 Å². The molecule has 0 amide bonds. The van der Waals surface area contributed by atoms with Crippen LogP contribution in [0.15, 0.2) is 24.3 Å². The molecule has 0 saturated carbocycles. The molecule has 0 aromatic heterocycles. The van der Waals surface area contributed by atoms with Gasteiger partial charge in [0, 0.05) is 6.54 Å². The van der Waals surface area contributed by atoms with Crippen LogP contribution in [0.3, 0.4) is 0 Å². The summed E-state index contributed by atoms with van der Waals surface area (Å²) in [6.45, 7) is 4.74. The zero-order valence-corrected chi connectivity index (χ0v) is 8.29. The molecule has 2 heteroatoms. The van der Waals surface area contributed by atoms with E-state index in [0.717, 1.165) is 17.7 Å². The molecule has 1 rings (SSSR count). The van der Waals surface area contributed by atoms with Crippen molar-refractivity contribution in [2.75, 3.05) is 0 Å². The summed E-state index contributed by atoms with van der Waals surface area (Å²) in [4.78, 5) is 0. The molecule has 0 saturated heterocycles. The fourth-order valence-corrected chi connectivity index (χ4v) is 1.06. The number of nitrogens with two attached hydrogens (primary N) is 1. The molecule has 0 bridgehead atoms. The molecule has 2 nitrogen and oxygen atoms in total. The maximum atomic E-state index is 5.65. The molecular weight excluding hydrogens is 162 g/mol. The molecule has 0 heterocycles. The van der Waals surface area contributed by atoms with Gasteiger partial charge in [0.05, 0.1) is 6.10 Å². The number of hydrogen-bond donors (Lipinski definition) is 1. The molecule has 1 aromatic rings. The number of benzene rings is 1. The van der Waals surface area contributed by atoms with Crippen molar-refractivity contribution < 1.29 is 4.74 Å². The van der Waals surface area contributed by atoms with E-state index in [9.17, 15) is 0 Å². The summed E-state index contributed by atoms with van der Waals surface area (Å²) in [7, 11) is 0. The monoisotopic (exact) mass is 179 g/mol. The average molecular weight is 179 g/mol. The highest BCUT2D eigenvalue weighted by Crippen LogP contribution is 2.15. The highest BCUT2D eigenvalue weighted by atomic mass is 16.5. The molecule has 0 unspecified atom stereocenters. The Morgan fingerprint density at radius 1 is 1.46 bits per heavy atom. The van der Waals surface area contributed by atoms with Gasteiger partial charge in [0.15, 0.2) is 0 Å². The summed E-state index contributed by atoms with van der Waals surface area (Å²) in [6, 6.07) is 7.93. The van der Waals surface area contributed by atoms with Gasteiger partial charge in [-0.05, 0) is 31.0 Å². The predicted molar refractivity (Wildman–Crippen MR) is 54.7 cm³/mol. The molecule has 1 aromatic carbocycles. The molecule has 0 aliphatic carbocycles. The van der Waals surface area contributed by atoms with Crippen LogP contribution in [0.2, 0.25) is 0 Å². The van der Waals surface area contributed by atoms with Gasteiger partial charge in [0.1, 0.15) is 5.75 Å². The zero-order chi connectivity index (χ0) is 9.68. The Hall–Kier alpha value is -1.02. The van der Waals surface area contributed by atoms with E-state index in [4.69, 9.17) is 10.5 Å². The van der Waals surface area contributed by atoms with Crippen LogP contribution >= 0.6 is 0 Å². The third-order valence-electron chi connectivity index (χ3n) is 2.05. The highest BCUT2D eigenvalue weighted by Gasteiger charge is 2.00. The van der Waals surface area contributed by atoms with Gasteiger partial charge in [0.25, 0.3) is 0 Å². The summed E-state index contributed by atoms with van der Waals surface area (Å²) in [5.74, 6) is 0.914. The van der Waals surface area contributed by atoms with Gasteiger partial charge in [-0.15, -0.1) is 0 Å². The van der Waals surface area contributed by atoms with Gasteiger partial charge in [0.2, 0.25) is 0 Å². The number of ether oxygens (including phenoxy) is 1. The van der Waals surface area contributed by atoms with Crippen molar-refractivity contribution >= 4 is 0 Å². The van der Waals surface area contributed by atoms with E-state index >= 15 is 0 Å². The van der Waals surface area contributed by atoms with Crippen LogP contribution in [-0.2, 0) is 6.54 Å². The first-order valence-corrected chi connectivity index (χ1v) is 4.72. The Kier molecular flexibility index (Phi) is 3.77. The SMILES string of the molecule is CC[C@H](C)Oc1cccc(CN)c1. The van der Waals surface area contributed by atoms with Crippen LogP contribution in [-0.4, -0.2) is 6.10 Å². The summed E-state index contributed by atoms with van der Waals surface area (Å²) in [5.41, 5.74) is 6.64. The maximum absolute atomic E-state index is 5.65. The summed E-state index contributed by atoms with van der Waals surface area (Å²) in [6.07, 6.45) is 1.29. The molecule has 0 spiro atoms. The molecule has 0 aliphatic rings. The van der Waals surface area contributed by atoms with E-state index in [2.05, 4.69) is 13.8 Å². The molecule has 0 fully saturated rings. The van der Waals surface area contributed by atoms with Gasteiger partial charge in [-0.2, -0.15) is 0 Å². The molecule has 13 heavy (non-hydrogen) atoms. The Morgan fingerprint density at radius 3 is 2.85 bits per heavy atom. The van der Waals surface area contributed by atoms with Crippen molar-refractivity contribution in [1.82, 2.24) is 0 Å². The predicted octanol–water partition coefficient (Wildman–Crippen LogP) is 2.32. The van der Waals surface area contributed by atoms with Crippen molar-refractivity contribution in [3.8, 4) is 5.75 Å².